The van der Waals surface area contributed by atoms with Crippen LogP contribution in [0.2, 0.25) is 0 Å². The van der Waals surface area contributed by atoms with Gasteiger partial charge in [-0.1, -0.05) is 26.7 Å². The Labute approximate surface area is 105 Å². The zero-order valence-electron chi connectivity index (χ0n) is 11.4. The molecular formula is C13H27N3O. The molecule has 2 unspecified atom stereocenters. The number of rotatable bonds is 3. The molecule has 1 heterocycles. The molecule has 0 aliphatic carbocycles. The van der Waals surface area contributed by atoms with Crippen LogP contribution in [0.1, 0.15) is 46.5 Å². The zero-order chi connectivity index (χ0) is 12.8. The summed E-state index contributed by atoms with van der Waals surface area (Å²) in [5, 5.41) is 3.07. The Balaban J connectivity index is 2.57. The highest BCUT2D eigenvalue weighted by atomic mass is 16.2. The van der Waals surface area contributed by atoms with E-state index in [-0.39, 0.29) is 18.1 Å². The van der Waals surface area contributed by atoms with Gasteiger partial charge < -0.3 is 16.0 Å². The third-order valence-electron chi connectivity index (χ3n) is 3.76. The quantitative estimate of drug-likeness (QED) is 0.793. The van der Waals surface area contributed by atoms with Crippen LogP contribution in [0.3, 0.4) is 0 Å². The van der Waals surface area contributed by atoms with Crippen LogP contribution in [0, 0.1) is 5.92 Å². The molecule has 0 bridgehead atoms. The van der Waals surface area contributed by atoms with Gasteiger partial charge in [-0.25, -0.2) is 4.79 Å². The lowest BCUT2D eigenvalue weighted by Crippen LogP contribution is -2.51. The summed E-state index contributed by atoms with van der Waals surface area (Å²) in [5.74, 6) is 0.460. The molecule has 0 saturated carbocycles. The van der Waals surface area contributed by atoms with E-state index in [0.29, 0.717) is 12.5 Å². The van der Waals surface area contributed by atoms with Crippen molar-refractivity contribution in [2.75, 3.05) is 13.1 Å². The second-order valence-corrected chi connectivity index (χ2v) is 5.41. The molecule has 1 saturated heterocycles. The fraction of sp³-hybridized carbons (Fsp3) is 0.923. The predicted molar refractivity (Wildman–Crippen MR) is 70.8 cm³/mol. The number of amides is 2. The molecule has 0 aromatic rings. The number of urea groups is 1. The maximum atomic E-state index is 12.2. The van der Waals surface area contributed by atoms with Gasteiger partial charge in [0.1, 0.15) is 0 Å². The highest BCUT2D eigenvalue weighted by Gasteiger charge is 2.25. The first-order valence-corrected chi connectivity index (χ1v) is 6.83. The average molecular weight is 241 g/mol. The van der Waals surface area contributed by atoms with Crippen molar-refractivity contribution < 1.29 is 4.79 Å². The minimum atomic E-state index is 0.0588. The van der Waals surface area contributed by atoms with Crippen LogP contribution in [0.25, 0.3) is 0 Å². The fourth-order valence-corrected chi connectivity index (χ4v) is 2.13. The Morgan fingerprint density at radius 2 is 2.06 bits per heavy atom. The van der Waals surface area contributed by atoms with E-state index in [4.69, 9.17) is 5.73 Å². The SMILES string of the molecule is CC(C)C(C)NC(=O)N1CCCCCC1CN. The fourth-order valence-electron chi connectivity index (χ4n) is 2.13. The lowest BCUT2D eigenvalue weighted by molar-refractivity contribution is 0.171. The van der Waals surface area contributed by atoms with Crippen LogP contribution in [-0.2, 0) is 0 Å². The third kappa shape index (κ3) is 4.19. The lowest BCUT2D eigenvalue weighted by Gasteiger charge is -2.31. The van der Waals surface area contributed by atoms with Crippen LogP contribution < -0.4 is 11.1 Å². The first kappa shape index (κ1) is 14.3. The number of carbonyl (C=O) groups is 1. The number of nitrogens with two attached hydrogens (primary N) is 1. The van der Waals surface area contributed by atoms with Crippen molar-refractivity contribution in [2.24, 2.45) is 11.7 Å². The molecule has 1 aliphatic rings. The molecule has 0 radical (unpaired) electrons. The molecule has 0 spiro atoms. The number of likely N-dealkylation sites (tertiary alicyclic amines) is 1. The molecule has 0 aromatic carbocycles. The first-order valence-electron chi connectivity index (χ1n) is 6.83. The van der Waals surface area contributed by atoms with Gasteiger partial charge in [0, 0.05) is 25.2 Å². The molecule has 3 N–H and O–H groups in total. The average Bonchev–Trinajstić information content (AvgIpc) is 2.53. The van der Waals surface area contributed by atoms with Crippen LogP contribution in [0.5, 0.6) is 0 Å². The Bertz CT molecular complexity index is 243. The van der Waals surface area contributed by atoms with Crippen LogP contribution in [-0.4, -0.2) is 36.1 Å². The maximum Gasteiger partial charge on any atom is 0.317 e. The van der Waals surface area contributed by atoms with Crippen molar-refractivity contribution in [1.29, 1.82) is 0 Å². The topological polar surface area (TPSA) is 58.4 Å². The van der Waals surface area contributed by atoms with Crippen LogP contribution in [0.4, 0.5) is 4.79 Å². The molecule has 4 nitrogen and oxygen atoms in total. The van der Waals surface area contributed by atoms with Gasteiger partial charge in [0.15, 0.2) is 0 Å². The van der Waals surface area contributed by atoms with Gasteiger partial charge in [-0.3, -0.25) is 0 Å². The van der Waals surface area contributed by atoms with Gasteiger partial charge in [-0.2, -0.15) is 0 Å². The minimum absolute atomic E-state index is 0.0588. The second kappa shape index (κ2) is 6.84. The molecule has 100 valence electrons. The minimum Gasteiger partial charge on any atom is -0.335 e. The second-order valence-electron chi connectivity index (χ2n) is 5.41. The van der Waals surface area contributed by atoms with E-state index in [0.717, 1.165) is 19.4 Å². The molecule has 0 aromatic heterocycles. The Kier molecular flexibility index (Phi) is 5.75. The summed E-state index contributed by atoms with van der Waals surface area (Å²) in [7, 11) is 0. The number of hydrogen-bond acceptors (Lipinski definition) is 2. The van der Waals surface area contributed by atoms with Crippen molar-refractivity contribution in [2.45, 2.75) is 58.5 Å². The van der Waals surface area contributed by atoms with E-state index >= 15 is 0 Å². The summed E-state index contributed by atoms with van der Waals surface area (Å²) in [4.78, 5) is 14.1. The highest BCUT2D eigenvalue weighted by Crippen LogP contribution is 2.16. The van der Waals surface area contributed by atoms with Crippen molar-refractivity contribution in [3.8, 4) is 0 Å². The standard InChI is InChI=1S/C13H27N3O/c1-10(2)11(3)15-13(17)16-8-6-4-5-7-12(16)9-14/h10-12H,4-9,14H2,1-3H3,(H,15,17). The largest absolute Gasteiger partial charge is 0.335 e. The molecule has 2 atom stereocenters. The van der Waals surface area contributed by atoms with Gasteiger partial charge in [-0.05, 0) is 25.7 Å². The van der Waals surface area contributed by atoms with Gasteiger partial charge in [0.05, 0.1) is 0 Å². The lowest BCUT2D eigenvalue weighted by atomic mass is 10.1. The van der Waals surface area contributed by atoms with E-state index in [1.54, 1.807) is 0 Å². The number of hydrogen-bond donors (Lipinski definition) is 2. The molecule has 17 heavy (non-hydrogen) atoms. The van der Waals surface area contributed by atoms with Crippen molar-refractivity contribution in [3.63, 3.8) is 0 Å². The van der Waals surface area contributed by atoms with Crippen LogP contribution in [0.15, 0.2) is 0 Å². The van der Waals surface area contributed by atoms with E-state index in [9.17, 15) is 4.79 Å². The van der Waals surface area contributed by atoms with Crippen molar-refractivity contribution >= 4 is 6.03 Å². The summed E-state index contributed by atoms with van der Waals surface area (Å²) in [6, 6.07) is 0.490. The van der Waals surface area contributed by atoms with E-state index in [2.05, 4.69) is 26.1 Å². The van der Waals surface area contributed by atoms with E-state index in [1.807, 2.05) is 4.90 Å². The van der Waals surface area contributed by atoms with Gasteiger partial charge in [0.25, 0.3) is 0 Å². The summed E-state index contributed by atoms with van der Waals surface area (Å²) in [5.41, 5.74) is 5.77. The molecule has 1 fully saturated rings. The molecule has 4 heteroatoms. The van der Waals surface area contributed by atoms with E-state index in [1.165, 1.54) is 12.8 Å². The monoisotopic (exact) mass is 241 g/mol. The number of carbonyl (C=O) groups excluding carboxylic acids is 1. The van der Waals surface area contributed by atoms with Crippen molar-refractivity contribution in [3.05, 3.63) is 0 Å². The van der Waals surface area contributed by atoms with Gasteiger partial charge in [-0.15, -0.1) is 0 Å². The zero-order valence-corrected chi connectivity index (χ0v) is 11.4. The Hall–Kier alpha value is -0.770. The molecule has 2 amide bonds. The van der Waals surface area contributed by atoms with Gasteiger partial charge in [0.2, 0.25) is 0 Å². The Morgan fingerprint density at radius 1 is 1.35 bits per heavy atom. The summed E-state index contributed by atoms with van der Waals surface area (Å²) in [6.07, 6.45) is 4.53. The molecular weight excluding hydrogens is 214 g/mol. The third-order valence-corrected chi connectivity index (χ3v) is 3.76. The summed E-state index contributed by atoms with van der Waals surface area (Å²) < 4.78 is 0. The maximum absolute atomic E-state index is 12.2. The normalized spacial score (nSPS) is 23.4. The predicted octanol–water partition coefficient (Wildman–Crippen LogP) is 1.94. The van der Waals surface area contributed by atoms with Crippen molar-refractivity contribution in [1.82, 2.24) is 10.2 Å². The number of nitrogens with zero attached hydrogens (tertiary/aromatic N) is 1. The summed E-state index contributed by atoms with van der Waals surface area (Å²) in [6.45, 7) is 7.71. The molecule has 1 rings (SSSR count). The molecule has 1 aliphatic heterocycles. The van der Waals surface area contributed by atoms with E-state index < -0.39 is 0 Å². The number of nitrogens with one attached hydrogen (secondary N) is 1. The smallest absolute Gasteiger partial charge is 0.317 e. The van der Waals surface area contributed by atoms with Crippen LogP contribution >= 0.6 is 0 Å². The highest BCUT2D eigenvalue weighted by molar-refractivity contribution is 5.75. The summed E-state index contributed by atoms with van der Waals surface area (Å²) >= 11 is 0. The Morgan fingerprint density at radius 3 is 2.65 bits per heavy atom. The van der Waals surface area contributed by atoms with Gasteiger partial charge >= 0.3 is 6.03 Å². The first-order chi connectivity index (χ1) is 8.06.